The van der Waals surface area contributed by atoms with Crippen LogP contribution in [0.25, 0.3) is 6.08 Å². The molecule has 0 saturated carbocycles. The number of benzene rings is 1. The van der Waals surface area contributed by atoms with E-state index in [-0.39, 0.29) is 16.1 Å². The van der Waals surface area contributed by atoms with Gasteiger partial charge in [-0.1, -0.05) is 17.7 Å². The smallest absolute Gasteiger partial charge is 0.284 e. The van der Waals surface area contributed by atoms with E-state index in [1.165, 1.54) is 0 Å². The van der Waals surface area contributed by atoms with Crippen molar-refractivity contribution in [2.24, 2.45) is 0 Å². The first-order valence-electron chi connectivity index (χ1n) is 6.05. The minimum absolute atomic E-state index is 0.0564. The molecule has 1 aromatic carbocycles. The van der Waals surface area contributed by atoms with Gasteiger partial charge in [-0.2, -0.15) is 0 Å². The van der Waals surface area contributed by atoms with E-state index < -0.39 is 0 Å². The predicted molar refractivity (Wildman–Crippen MR) is 82.2 cm³/mol. The molecule has 1 aromatic rings. The zero-order valence-corrected chi connectivity index (χ0v) is 13.2. The van der Waals surface area contributed by atoms with Gasteiger partial charge in [-0.15, -0.1) is 0 Å². The van der Waals surface area contributed by atoms with Crippen LogP contribution in [0, 0.1) is 10.1 Å². The van der Waals surface area contributed by atoms with Crippen LogP contribution in [-0.4, -0.2) is 17.0 Å². The molecule has 1 rings (SSSR count). The van der Waals surface area contributed by atoms with Gasteiger partial charge in [-0.3, -0.25) is 10.1 Å². The summed E-state index contributed by atoms with van der Waals surface area (Å²) < 4.78 is 0.500. The van der Waals surface area contributed by atoms with Crippen LogP contribution in [0.1, 0.15) is 33.3 Å². The van der Waals surface area contributed by atoms with E-state index in [0.717, 1.165) is 17.7 Å². The second-order valence-corrected chi connectivity index (χ2v) is 6.42. The van der Waals surface area contributed by atoms with Gasteiger partial charge < -0.3 is 5.32 Å². The summed E-state index contributed by atoms with van der Waals surface area (Å²) in [5, 5.41) is 14.2. The zero-order valence-electron chi connectivity index (χ0n) is 11.7. The van der Waals surface area contributed by atoms with Crippen molar-refractivity contribution in [3.63, 3.8) is 0 Å². The van der Waals surface area contributed by atoms with Gasteiger partial charge in [0.2, 0.25) is 0 Å². The van der Waals surface area contributed by atoms with Gasteiger partial charge >= 0.3 is 0 Å². The van der Waals surface area contributed by atoms with Gasteiger partial charge in [0.05, 0.1) is 9.40 Å². The average molecular weight is 327 g/mol. The van der Waals surface area contributed by atoms with Crippen LogP contribution >= 0.6 is 15.9 Å². The molecule has 104 valence electrons. The SMILES string of the molecule is CC(=Cc1ccc(Br)c([N+](=O)[O-])c1)CNC(C)(C)C. The maximum atomic E-state index is 10.9. The number of nitrogens with zero attached hydrogens (tertiary/aromatic N) is 1. The number of nitro groups is 1. The van der Waals surface area contributed by atoms with Crippen molar-refractivity contribution in [1.29, 1.82) is 0 Å². The fraction of sp³-hybridized carbons (Fsp3) is 0.429. The molecule has 0 spiro atoms. The first-order valence-corrected chi connectivity index (χ1v) is 6.84. The van der Waals surface area contributed by atoms with Crippen LogP contribution in [0.2, 0.25) is 0 Å². The molecule has 1 N–H and O–H groups in total. The molecule has 0 fully saturated rings. The molecule has 0 heterocycles. The molecule has 0 saturated heterocycles. The topological polar surface area (TPSA) is 55.2 Å². The molecule has 0 atom stereocenters. The Morgan fingerprint density at radius 2 is 2.11 bits per heavy atom. The highest BCUT2D eigenvalue weighted by molar-refractivity contribution is 9.10. The number of hydrogen-bond acceptors (Lipinski definition) is 3. The minimum Gasteiger partial charge on any atom is -0.308 e. The zero-order chi connectivity index (χ0) is 14.6. The van der Waals surface area contributed by atoms with Crippen molar-refractivity contribution < 1.29 is 4.92 Å². The van der Waals surface area contributed by atoms with E-state index in [1.807, 2.05) is 19.1 Å². The Morgan fingerprint density at radius 1 is 1.47 bits per heavy atom. The van der Waals surface area contributed by atoms with E-state index in [2.05, 4.69) is 42.0 Å². The van der Waals surface area contributed by atoms with Gasteiger partial charge in [0.15, 0.2) is 0 Å². The third-order valence-electron chi connectivity index (χ3n) is 2.48. The minimum atomic E-state index is -0.385. The van der Waals surface area contributed by atoms with Crippen LogP contribution in [0.4, 0.5) is 5.69 Å². The van der Waals surface area contributed by atoms with Crippen molar-refractivity contribution in [2.45, 2.75) is 33.2 Å². The second-order valence-electron chi connectivity index (χ2n) is 5.56. The second kappa shape index (κ2) is 6.30. The highest BCUT2D eigenvalue weighted by Crippen LogP contribution is 2.26. The summed E-state index contributed by atoms with van der Waals surface area (Å²) in [6.07, 6.45) is 1.96. The van der Waals surface area contributed by atoms with Crippen LogP contribution < -0.4 is 5.32 Å². The number of hydrogen-bond donors (Lipinski definition) is 1. The van der Waals surface area contributed by atoms with Crippen molar-refractivity contribution >= 4 is 27.7 Å². The Bertz CT molecular complexity index is 505. The standard InChI is InChI=1S/C14H19BrN2O2/c1-10(9-16-14(2,3)4)7-11-5-6-12(15)13(8-11)17(18)19/h5-8,16H,9H2,1-4H3. The summed E-state index contributed by atoms with van der Waals surface area (Å²) in [6.45, 7) is 9.07. The van der Waals surface area contributed by atoms with Gasteiger partial charge in [0, 0.05) is 18.2 Å². The van der Waals surface area contributed by atoms with Crippen LogP contribution in [-0.2, 0) is 0 Å². The fourth-order valence-electron chi connectivity index (χ4n) is 1.50. The number of halogens is 1. The van der Waals surface area contributed by atoms with Crippen molar-refractivity contribution in [2.75, 3.05) is 6.54 Å². The lowest BCUT2D eigenvalue weighted by Gasteiger charge is -2.20. The molecule has 0 bridgehead atoms. The third-order valence-corrected chi connectivity index (χ3v) is 3.15. The van der Waals surface area contributed by atoms with E-state index in [9.17, 15) is 10.1 Å². The lowest BCUT2D eigenvalue weighted by Crippen LogP contribution is -2.36. The molecule has 5 heteroatoms. The van der Waals surface area contributed by atoms with Crippen LogP contribution in [0.5, 0.6) is 0 Å². The van der Waals surface area contributed by atoms with Crippen molar-refractivity contribution in [3.05, 3.63) is 43.9 Å². The maximum Gasteiger partial charge on any atom is 0.284 e. The summed E-state index contributed by atoms with van der Waals surface area (Å²) in [6, 6.07) is 5.14. The quantitative estimate of drug-likeness (QED) is 0.668. The van der Waals surface area contributed by atoms with Gasteiger partial charge in [-0.25, -0.2) is 0 Å². The van der Waals surface area contributed by atoms with Gasteiger partial charge in [-0.05, 0) is 55.3 Å². The average Bonchev–Trinajstić information content (AvgIpc) is 2.28. The van der Waals surface area contributed by atoms with Crippen LogP contribution in [0.3, 0.4) is 0 Å². The molecule has 19 heavy (non-hydrogen) atoms. The first-order chi connectivity index (χ1) is 8.69. The third kappa shape index (κ3) is 5.53. The molecule has 0 aliphatic heterocycles. The largest absolute Gasteiger partial charge is 0.308 e. The Hall–Kier alpha value is -1.20. The highest BCUT2D eigenvalue weighted by atomic mass is 79.9. The summed E-state index contributed by atoms with van der Waals surface area (Å²) >= 11 is 3.18. The van der Waals surface area contributed by atoms with Gasteiger partial charge in [0.25, 0.3) is 5.69 Å². The predicted octanol–water partition coefficient (Wildman–Crippen LogP) is 4.15. The fourth-order valence-corrected chi connectivity index (χ4v) is 1.89. The Balaban J connectivity index is 2.86. The normalized spacial score (nSPS) is 12.6. The summed E-state index contributed by atoms with van der Waals surface area (Å²) in [7, 11) is 0. The molecule has 0 radical (unpaired) electrons. The van der Waals surface area contributed by atoms with E-state index >= 15 is 0 Å². The number of nitro benzene ring substituents is 1. The molecule has 0 unspecified atom stereocenters. The van der Waals surface area contributed by atoms with Crippen molar-refractivity contribution in [1.82, 2.24) is 5.32 Å². The molecule has 0 aliphatic carbocycles. The molecule has 0 aliphatic rings. The number of nitrogens with one attached hydrogen (secondary N) is 1. The number of rotatable bonds is 4. The molecular formula is C14H19BrN2O2. The molecule has 0 aromatic heterocycles. The van der Waals surface area contributed by atoms with Crippen LogP contribution in [0.15, 0.2) is 28.2 Å². The first kappa shape index (κ1) is 15.9. The molecule has 4 nitrogen and oxygen atoms in total. The monoisotopic (exact) mass is 326 g/mol. The van der Waals surface area contributed by atoms with E-state index in [4.69, 9.17) is 0 Å². The summed E-state index contributed by atoms with van der Waals surface area (Å²) in [5.74, 6) is 0. The summed E-state index contributed by atoms with van der Waals surface area (Å²) in [4.78, 5) is 10.5. The van der Waals surface area contributed by atoms with E-state index in [0.29, 0.717) is 4.47 Å². The molecular weight excluding hydrogens is 308 g/mol. The van der Waals surface area contributed by atoms with E-state index in [1.54, 1.807) is 12.1 Å². The lowest BCUT2D eigenvalue weighted by molar-refractivity contribution is -0.385. The van der Waals surface area contributed by atoms with Gasteiger partial charge in [0.1, 0.15) is 0 Å². The van der Waals surface area contributed by atoms with Crippen molar-refractivity contribution in [3.8, 4) is 0 Å². The molecule has 0 amide bonds. The Kier molecular flexibility index (Phi) is 5.26. The Morgan fingerprint density at radius 3 is 2.63 bits per heavy atom. The lowest BCUT2D eigenvalue weighted by atomic mass is 10.1. The maximum absolute atomic E-state index is 10.9. The highest BCUT2D eigenvalue weighted by Gasteiger charge is 2.12. The Labute approximate surface area is 122 Å². The summed E-state index contributed by atoms with van der Waals surface area (Å²) in [5.41, 5.74) is 2.11.